The molecule has 0 unspecified atom stereocenters. The maximum Gasteiger partial charge on any atom is 0.234 e. The number of thioether (sulfide) groups is 1. The second-order valence-corrected chi connectivity index (χ2v) is 4.16. The number of hydrogen-bond donors (Lipinski definition) is 1. The van der Waals surface area contributed by atoms with Gasteiger partial charge in [-0.15, -0.1) is 11.8 Å². The molecule has 1 N–H and O–H groups in total. The van der Waals surface area contributed by atoms with E-state index in [4.69, 9.17) is 5.26 Å². The van der Waals surface area contributed by atoms with Crippen LogP contribution in [0.25, 0.3) is 5.57 Å². The van der Waals surface area contributed by atoms with Crippen molar-refractivity contribution in [3.63, 3.8) is 0 Å². The Hall–Kier alpha value is -1.73. The van der Waals surface area contributed by atoms with Crippen molar-refractivity contribution in [3.05, 3.63) is 30.3 Å². The van der Waals surface area contributed by atoms with Gasteiger partial charge < -0.3 is 5.32 Å². The molecule has 74 valence electrons. The zero-order valence-corrected chi connectivity index (χ0v) is 8.73. The normalized spacial score (nSPS) is 13.7. The number of allylic oxidation sites excluding steroid dienone is 1. The standard InChI is InChI=1S/C11H8N2OS/c1-7(5-12)8-2-3-10-9(4-8)13-11(14)6-15-10/h2-4H,1,6H2,(H,13,14). The molecule has 1 aromatic rings. The van der Waals surface area contributed by atoms with Crippen molar-refractivity contribution in [1.29, 1.82) is 5.26 Å². The first-order chi connectivity index (χ1) is 7.20. The molecule has 4 heteroatoms. The van der Waals surface area contributed by atoms with Crippen LogP contribution in [0.3, 0.4) is 0 Å². The van der Waals surface area contributed by atoms with Crippen LogP contribution in [0.2, 0.25) is 0 Å². The van der Waals surface area contributed by atoms with Gasteiger partial charge >= 0.3 is 0 Å². The number of fused-ring (bicyclic) bond motifs is 1. The van der Waals surface area contributed by atoms with E-state index < -0.39 is 0 Å². The smallest absolute Gasteiger partial charge is 0.234 e. The lowest BCUT2D eigenvalue weighted by atomic mass is 10.1. The molecule has 15 heavy (non-hydrogen) atoms. The van der Waals surface area contributed by atoms with Gasteiger partial charge in [0.25, 0.3) is 0 Å². The minimum atomic E-state index is -0.00720. The number of amides is 1. The van der Waals surface area contributed by atoms with Crippen LogP contribution in [0.1, 0.15) is 5.56 Å². The summed E-state index contributed by atoms with van der Waals surface area (Å²) < 4.78 is 0. The lowest BCUT2D eigenvalue weighted by Crippen LogP contribution is -2.18. The Balaban J connectivity index is 2.41. The van der Waals surface area contributed by atoms with Gasteiger partial charge in [-0.05, 0) is 17.7 Å². The lowest BCUT2D eigenvalue weighted by Gasteiger charge is -2.16. The van der Waals surface area contributed by atoms with Gasteiger partial charge in [-0.3, -0.25) is 4.79 Å². The van der Waals surface area contributed by atoms with E-state index in [1.165, 1.54) is 11.8 Å². The second kappa shape index (κ2) is 3.79. The summed E-state index contributed by atoms with van der Waals surface area (Å²) in [6.07, 6.45) is 0. The number of nitrogens with zero attached hydrogens (tertiary/aromatic N) is 1. The molecule has 0 bridgehead atoms. The first-order valence-electron chi connectivity index (χ1n) is 4.37. The molecule has 0 radical (unpaired) electrons. The van der Waals surface area contributed by atoms with Crippen LogP contribution in [-0.2, 0) is 4.79 Å². The predicted molar refractivity (Wildman–Crippen MR) is 60.4 cm³/mol. The van der Waals surface area contributed by atoms with Crippen molar-refractivity contribution in [2.24, 2.45) is 0 Å². The summed E-state index contributed by atoms with van der Waals surface area (Å²) >= 11 is 1.50. The Morgan fingerprint density at radius 1 is 1.60 bits per heavy atom. The molecule has 0 aromatic heterocycles. The van der Waals surface area contributed by atoms with Crippen LogP contribution in [0, 0.1) is 11.3 Å². The minimum absolute atomic E-state index is 0.00720. The quantitative estimate of drug-likeness (QED) is 0.732. The Morgan fingerprint density at radius 2 is 2.40 bits per heavy atom. The van der Waals surface area contributed by atoms with E-state index in [1.807, 2.05) is 18.2 Å². The molecule has 0 saturated carbocycles. The Morgan fingerprint density at radius 3 is 3.13 bits per heavy atom. The van der Waals surface area contributed by atoms with Gasteiger partial charge in [0.05, 0.1) is 23.1 Å². The third kappa shape index (κ3) is 1.88. The van der Waals surface area contributed by atoms with Gasteiger partial charge in [0, 0.05) is 4.90 Å². The lowest BCUT2D eigenvalue weighted by molar-refractivity contribution is -0.113. The van der Waals surface area contributed by atoms with Gasteiger partial charge in [-0.2, -0.15) is 5.26 Å². The van der Waals surface area contributed by atoms with Crippen LogP contribution in [0.4, 0.5) is 5.69 Å². The van der Waals surface area contributed by atoms with Gasteiger partial charge in [-0.1, -0.05) is 12.6 Å². The van der Waals surface area contributed by atoms with Crippen molar-refractivity contribution >= 4 is 28.9 Å². The monoisotopic (exact) mass is 216 g/mol. The summed E-state index contributed by atoms with van der Waals surface area (Å²) in [5.74, 6) is 0.443. The number of anilines is 1. The maximum atomic E-state index is 11.2. The van der Waals surface area contributed by atoms with Gasteiger partial charge in [0.2, 0.25) is 5.91 Å². The number of nitrogens with one attached hydrogen (secondary N) is 1. The summed E-state index contributed by atoms with van der Waals surface area (Å²) in [4.78, 5) is 12.2. The summed E-state index contributed by atoms with van der Waals surface area (Å²) in [5.41, 5.74) is 1.92. The van der Waals surface area contributed by atoms with Crippen molar-refractivity contribution in [3.8, 4) is 6.07 Å². The summed E-state index contributed by atoms with van der Waals surface area (Å²) in [6.45, 7) is 3.63. The SMILES string of the molecule is C=C(C#N)c1ccc2c(c1)NC(=O)CS2. The average Bonchev–Trinajstić information content (AvgIpc) is 2.27. The molecular formula is C11H8N2OS. The van der Waals surface area contributed by atoms with E-state index in [1.54, 1.807) is 6.07 Å². The number of hydrogen-bond acceptors (Lipinski definition) is 3. The molecule has 1 aromatic carbocycles. The number of carbonyl (C=O) groups excluding carboxylic acids is 1. The Labute approximate surface area is 91.8 Å². The number of nitriles is 1. The van der Waals surface area contributed by atoms with Crippen molar-refractivity contribution in [1.82, 2.24) is 0 Å². The molecule has 0 atom stereocenters. The molecule has 1 heterocycles. The molecular weight excluding hydrogens is 208 g/mol. The molecule has 0 saturated heterocycles. The summed E-state index contributed by atoms with van der Waals surface area (Å²) in [6, 6.07) is 7.51. The highest BCUT2D eigenvalue weighted by molar-refractivity contribution is 8.00. The third-order valence-electron chi connectivity index (χ3n) is 2.10. The van der Waals surface area contributed by atoms with E-state index in [0.29, 0.717) is 11.3 Å². The molecule has 1 amide bonds. The van der Waals surface area contributed by atoms with E-state index >= 15 is 0 Å². The fourth-order valence-electron chi connectivity index (χ4n) is 1.34. The van der Waals surface area contributed by atoms with Crippen molar-refractivity contribution in [2.45, 2.75) is 4.90 Å². The zero-order chi connectivity index (χ0) is 10.8. The van der Waals surface area contributed by atoms with E-state index in [-0.39, 0.29) is 5.91 Å². The maximum absolute atomic E-state index is 11.2. The number of benzene rings is 1. The highest BCUT2D eigenvalue weighted by Gasteiger charge is 2.15. The summed E-state index contributed by atoms with van der Waals surface area (Å²) in [5, 5.41) is 11.5. The van der Waals surface area contributed by atoms with Crippen LogP contribution in [0.15, 0.2) is 29.7 Å². The van der Waals surface area contributed by atoms with Gasteiger partial charge in [0.1, 0.15) is 0 Å². The first-order valence-corrected chi connectivity index (χ1v) is 5.35. The highest BCUT2D eigenvalue weighted by Crippen LogP contribution is 2.33. The van der Waals surface area contributed by atoms with Crippen LogP contribution < -0.4 is 5.32 Å². The zero-order valence-electron chi connectivity index (χ0n) is 7.91. The number of carbonyl (C=O) groups is 1. The number of rotatable bonds is 1. The minimum Gasteiger partial charge on any atom is -0.324 e. The van der Waals surface area contributed by atoms with Crippen molar-refractivity contribution < 1.29 is 4.79 Å². The fourth-order valence-corrected chi connectivity index (χ4v) is 2.12. The van der Waals surface area contributed by atoms with E-state index in [9.17, 15) is 4.79 Å². The Bertz CT molecular complexity index is 488. The average molecular weight is 216 g/mol. The van der Waals surface area contributed by atoms with Gasteiger partial charge in [0.15, 0.2) is 0 Å². The first kappa shape index (κ1) is 9.81. The summed E-state index contributed by atoms with van der Waals surface area (Å²) in [7, 11) is 0. The molecule has 0 spiro atoms. The highest BCUT2D eigenvalue weighted by atomic mass is 32.2. The molecule has 0 fully saturated rings. The van der Waals surface area contributed by atoms with Crippen LogP contribution in [-0.4, -0.2) is 11.7 Å². The molecule has 3 nitrogen and oxygen atoms in total. The second-order valence-electron chi connectivity index (χ2n) is 3.14. The fraction of sp³-hybridized carbons (Fsp3) is 0.0909. The molecule has 1 aliphatic heterocycles. The van der Waals surface area contributed by atoms with E-state index in [2.05, 4.69) is 11.9 Å². The predicted octanol–water partition coefficient (Wildman–Crippen LogP) is 2.27. The largest absolute Gasteiger partial charge is 0.324 e. The molecule has 2 rings (SSSR count). The third-order valence-corrected chi connectivity index (χ3v) is 3.17. The van der Waals surface area contributed by atoms with Crippen molar-refractivity contribution in [2.75, 3.05) is 11.1 Å². The van der Waals surface area contributed by atoms with Gasteiger partial charge in [-0.25, -0.2) is 0 Å². The topological polar surface area (TPSA) is 52.9 Å². The molecule has 0 aliphatic carbocycles. The Kier molecular flexibility index (Phi) is 2.48. The van der Waals surface area contributed by atoms with E-state index in [0.717, 1.165) is 16.1 Å². The van der Waals surface area contributed by atoms with Crippen LogP contribution in [0.5, 0.6) is 0 Å². The van der Waals surface area contributed by atoms with Crippen LogP contribution >= 0.6 is 11.8 Å². The molecule has 1 aliphatic rings.